The number of benzene rings is 1. The van der Waals surface area contributed by atoms with Crippen molar-refractivity contribution in [3.8, 4) is 0 Å². The van der Waals surface area contributed by atoms with E-state index in [9.17, 15) is 4.57 Å². The van der Waals surface area contributed by atoms with Gasteiger partial charge in [0, 0.05) is 0 Å². The summed E-state index contributed by atoms with van der Waals surface area (Å²) in [6, 6.07) is 9.27. The Kier molecular flexibility index (Phi) is 4.07. The average Bonchev–Trinajstić information content (AvgIpc) is 2.19. The molecule has 3 heteroatoms. The third-order valence-electron chi connectivity index (χ3n) is 1.82. The minimum atomic E-state index is -1.67. The van der Waals surface area contributed by atoms with Crippen molar-refractivity contribution in [1.82, 2.24) is 0 Å². The lowest BCUT2D eigenvalue weighted by Crippen LogP contribution is -2.05. The Morgan fingerprint density at radius 3 is 2.54 bits per heavy atom. The molecule has 0 heterocycles. The van der Waals surface area contributed by atoms with E-state index in [0.29, 0.717) is 0 Å². The van der Waals surface area contributed by atoms with Gasteiger partial charge in [-0.2, -0.15) is 0 Å². The Morgan fingerprint density at radius 2 is 2.00 bits per heavy atom. The normalized spacial score (nSPS) is 13.8. The highest BCUT2D eigenvalue weighted by Gasteiger charge is 2.23. The smallest absolute Gasteiger partial charge is 0.139 e. The number of rotatable bonds is 4. The fourth-order valence-corrected chi connectivity index (χ4v) is 1.86. The molecule has 0 fully saturated rings. The van der Waals surface area contributed by atoms with E-state index in [2.05, 4.69) is 0 Å². The zero-order chi connectivity index (χ0) is 9.68. The van der Waals surface area contributed by atoms with Crippen LogP contribution in [-0.2, 0) is 9.09 Å². The third kappa shape index (κ3) is 3.25. The molecule has 0 N–H and O–H groups in total. The van der Waals surface area contributed by atoms with Crippen LogP contribution in [-0.4, -0.2) is 6.10 Å². The second-order valence-corrected chi connectivity index (χ2v) is 4.16. The lowest BCUT2D eigenvalue weighted by atomic mass is 10.3. The van der Waals surface area contributed by atoms with Crippen LogP contribution < -0.4 is 5.30 Å². The van der Waals surface area contributed by atoms with E-state index in [4.69, 9.17) is 4.52 Å². The molecule has 13 heavy (non-hydrogen) atoms. The molecule has 0 aliphatic rings. The minimum absolute atomic E-state index is 0.0591. The first-order valence-corrected chi connectivity index (χ1v) is 5.61. The molecule has 1 rings (SSSR count). The highest BCUT2D eigenvalue weighted by atomic mass is 31.1. The van der Waals surface area contributed by atoms with Crippen LogP contribution in [0.15, 0.2) is 30.3 Å². The quantitative estimate of drug-likeness (QED) is 0.694. The van der Waals surface area contributed by atoms with Gasteiger partial charge in [-0.15, -0.1) is 4.52 Å². The number of hydrogen-bond donors (Lipinski definition) is 0. The van der Waals surface area contributed by atoms with Crippen molar-refractivity contribution in [2.75, 3.05) is 0 Å². The monoisotopic (exact) mass is 197 g/mol. The van der Waals surface area contributed by atoms with Crippen molar-refractivity contribution in [2.24, 2.45) is 0 Å². The Labute approximate surface area is 79.8 Å². The lowest BCUT2D eigenvalue weighted by molar-refractivity contribution is 0.235. The Hall–Kier alpha value is -0.720. The third-order valence-corrected chi connectivity index (χ3v) is 3.09. The van der Waals surface area contributed by atoms with Gasteiger partial charge in [0.2, 0.25) is 5.30 Å². The van der Waals surface area contributed by atoms with Crippen LogP contribution in [0, 0.1) is 0 Å². The molecule has 0 spiro atoms. The fraction of sp³-hybridized carbons (Fsp3) is 0.400. The van der Waals surface area contributed by atoms with Crippen molar-refractivity contribution in [2.45, 2.75) is 26.4 Å². The van der Waals surface area contributed by atoms with Crippen LogP contribution in [0.4, 0.5) is 0 Å². The molecule has 1 aromatic carbocycles. The van der Waals surface area contributed by atoms with Gasteiger partial charge in [-0.25, -0.2) is 0 Å². The van der Waals surface area contributed by atoms with E-state index < -0.39 is 8.03 Å². The van der Waals surface area contributed by atoms with Gasteiger partial charge >= 0.3 is 8.03 Å². The van der Waals surface area contributed by atoms with Gasteiger partial charge in [0.15, 0.2) is 0 Å². The van der Waals surface area contributed by atoms with Crippen molar-refractivity contribution in [1.29, 1.82) is 0 Å². The largest absolute Gasteiger partial charge is 0.548 e. The van der Waals surface area contributed by atoms with Gasteiger partial charge in [-0.05, 0) is 30.0 Å². The summed E-state index contributed by atoms with van der Waals surface area (Å²) in [6.45, 7) is 3.94. The molecule has 2 nitrogen and oxygen atoms in total. The SMILES string of the molecule is CCC(C)O[P+](=O)c1ccccc1. The van der Waals surface area contributed by atoms with Crippen molar-refractivity contribution >= 4 is 13.3 Å². The summed E-state index contributed by atoms with van der Waals surface area (Å²) >= 11 is 0. The van der Waals surface area contributed by atoms with Crippen LogP contribution in [0.25, 0.3) is 0 Å². The van der Waals surface area contributed by atoms with Crippen LogP contribution in [0.1, 0.15) is 20.3 Å². The van der Waals surface area contributed by atoms with Crippen molar-refractivity contribution in [3.05, 3.63) is 30.3 Å². The topological polar surface area (TPSA) is 26.3 Å². The molecule has 0 radical (unpaired) electrons. The molecule has 0 aliphatic heterocycles. The standard InChI is InChI=1S/C10H14O2P/c1-3-9(2)12-13(11)10-7-5-4-6-8-10/h4-9H,3H2,1-2H3/q+1. The second-order valence-electron chi connectivity index (χ2n) is 2.92. The molecule has 0 amide bonds. The highest BCUT2D eigenvalue weighted by molar-refractivity contribution is 7.48. The molecule has 1 aromatic rings. The van der Waals surface area contributed by atoms with E-state index in [0.717, 1.165) is 11.7 Å². The minimum Gasteiger partial charge on any atom is -0.139 e. The summed E-state index contributed by atoms with van der Waals surface area (Å²) in [5.74, 6) is 0. The Morgan fingerprint density at radius 1 is 1.38 bits per heavy atom. The zero-order valence-corrected chi connectivity index (χ0v) is 8.83. The van der Waals surface area contributed by atoms with E-state index in [1.807, 2.05) is 44.2 Å². The van der Waals surface area contributed by atoms with Gasteiger partial charge in [-0.3, -0.25) is 0 Å². The summed E-state index contributed by atoms with van der Waals surface area (Å²) in [5.41, 5.74) is 0. The molecule has 0 saturated heterocycles. The first-order valence-electron chi connectivity index (χ1n) is 4.43. The van der Waals surface area contributed by atoms with Gasteiger partial charge in [0.25, 0.3) is 0 Å². The summed E-state index contributed by atoms with van der Waals surface area (Å²) < 4.78 is 16.8. The zero-order valence-electron chi connectivity index (χ0n) is 7.93. The van der Waals surface area contributed by atoms with Gasteiger partial charge in [-0.1, -0.05) is 25.1 Å². The van der Waals surface area contributed by atoms with Gasteiger partial charge in [0.05, 0.1) is 0 Å². The molecular formula is C10H14O2P+. The van der Waals surface area contributed by atoms with E-state index in [-0.39, 0.29) is 6.10 Å². The maximum Gasteiger partial charge on any atom is 0.548 e. The Bertz CT molecular complexity index is 272. The summed E-state index contributed by atoms with van der Waals surface area (Å²) in [4.78, 5) is 0. The molecule has 70 valence electrons. The average molecular weight is 197 g/mol. The molecule has 2 unspecified atom stereocenters. The van der Waals surface area contributed by atoms with E-state index >= 15 is 0 Å². The van der Waals surface area contributed by atoms with Gasteiger partial charge < -0.3 is 0 Å². The predicted octanol–water partition coefficient (Wildman–Crippen LogP) is 2.87. The molecular weight excluding hydrogens is 183 g/mol. The van der Waals surface area contributed by atoms with Crippen molar-refractivity contribution < 1.29 is 9.09 Å². The number of hydrogen-bond acceptors (Lipinski definition) is 2. The molecule has 0 bridgehead atoms. The Balaban J connectivity index is 2.59. The predicted molar refractivity (Wildman–Crippen MR) is 54.5 cm³/mol. The van der Waals surface area contributed by atoms with E-state index in [1.165, 1.54) is 0 Å². The highest BCUT2D eigenvalue weighted by Crippen LogP contribution is 2.24. The van der Waals surface area contributed by atoms with Crippen LogP contribution in [0.5, 0.6) is 0 Å². The first kappa shape index (κ1) is 10.4. The maximum absolute atomic E-state index is 11.5. The van der Waals surface area contributed by atoms with E-state index in [1.54, 1.807) is 0 Å². The maximum atomic E-state index is 11.5. The molecule has 0 aromatic heterocycles. The second kappa shape index (κ2) is 5.11. The summed E-state index contributed by atoms with van der Waals surface area (Å²) in [6.07, 6.45) is 0.942. The first-order chi connectivity index (χ1) is 6.24. The lowest BCUT2D eigenvalue weighted by Gasteiger charge is -1.97. The van der Waals surface area contributed by atoms with Gasteiger partial charge in [0.1, 0.15) is 6.10 Å². The van der Waals surface area contributed by atoms with Crippen LogP contribution in [0.2, 0.25) is 0 Å². The molecule has 0 aliphatic carbocycles. The molecule has 2 atom stereocenters. The van der Waals surface area contributed by atoms with Crippen LogP contribution >= 0.6 is 8.03 Å². The summed E-state index contributed by atoms with van der Waals surface area (Å²) in [5, 5.41) is 0.762. The van der Waals surface area contributed by atoms with Crippen LogP contribution in [0.3, 0.4) is 0 Å². The molecule has 0 saturated carbocycles. The summed E-state index contributed by atoms with van der Waals surface area (Å²) in [7, 11) is -1.67. The fourth-order valence-electron chi connectivity index (χ4n) is 0.849. The van der Waals surface area contributed by atoms with Crippen molar-refractivity contribution in [3.63, 3.8) is 0 Å².